The summed E-state index contributed by atoms with van der Waals surface area (Å²) >= 11 is 0. The van der Waals surface area contributed by atoms with Crippen molar-refractivity contribution in [3.8, 4) is 0 Å². The summed E-state index contributed by atoms with van der Waals surface area (Å²) in [6.07, 6.45) is 5.35. The SMILES string of the molecule is CCC/C=C/COC(=O)N[C@@H](CC(C)C)C(=O)O. The third kappa shape index (κ3) is 8.61. The number of carboxylic acids is 1. The lowest BCUT2D eigenvalue weighted by molar-refractivity contribution is -0.139. The molecule has 5 nitrogen and oxygen atoms in total. The van der Waals surface area contributed by atoms with Crippen LogP contribution >= 0.6 is 0 Å². The number of rotatable bonds is 8. The van der Waals surface area contributed by atoms with Crippen LogP contribution < -0.4 is 5.32 Å². The molecule has 0 rings (SSSR count). The van der Waals surface area contributed by atoms with Gasteiger partial charge in [0, 0.05) is 0 Å². The maximum Gasteiger partial charge on any atom is 0.408 e. The summed E-state index contributed by atoms with van der Waals surface area (Å²) in [6.45, 7) is 6.02. The largest absolute Gasteiger partial charge is 0.480 e. The predicted molar refractivity (Wildman–Crippen MR) is 69.4 cm³/mol. The molecule has 1 amide bonds. The Labute approximate surface area is 108 Å². The Morgan fingerprint density at radius 2 is 2.00 bits per heavy atom. The van der Waals surface area contributed by atoms with E-state index in [4.69, 9.17) is 9.84 Å². The highest BCUT2D eigenvalue weighted by Gasteiger charge is 2.21. The van der Waals surface area contributed by atoms with Crippen LogP contribution in [-0.4, -0.2) is 29.8 Å². The summed E-state index contributed by atoms with van der Waals surface area (Å²) in [7, 11) is 0. The van der Waals surface area contributed by atoms with Crippen LogP contribution in [0.4, 0.5) is 4.79 Å². The Kier molecular flexibility index (Phi) is 8.70. The summed E-state index contributed by atoms with van der Waals surface area (Å²) in [4.78, 5) is 22.2. The predicted octanol–water partition coefficient (Wildman–Crippen LogP) is 2.57. The Morgan fingerprint density at radius 3 is 2.50 bits per heavy atom. The van der Waals surface area contributed by atoms with Gasteiger partial charge >= 0.3 is 12.1 Å². The van der Waals surface area contributed by atoms with E-state index in [0.29, 0.717) is 6.42 Å². The average molecular weight is 257 g/mol. The normalized spacial score (nSPS) is 12.7. The fourth-order valence-electron chi connectivity index (χ4n) is 1.35. The molecule has 0 heterocycles. The van der Waals surface area contributed by atoms with Crippen molar-refractivity contribution < 1.29 is 19.4 Å². The van der Waals surface area contributed by atoms with Crippen LogP contribution in [0, 0.1) is 5.92 Å². The maximum atomic E-state index is 11.3. The lowest BCUT2D eigenvalue weighted by atomic mass is 10.0. The molecule has 0 spiro atoms. The molecule has 0 aromatic rings. The van der Waals surface area contributed by atoms with Crippen LogP contribution in [0.25, 0.3) is 0 Å². The molecule has 5 heteroatoms. The Balaban J connectivity index is 3.99. The van der Waals surface area contributed by atoms with Gasteiger partial charge in [0.25, 0.3) is 0 Å². The molecule has 0 radical (unpaired) electrons. The number of amides is 1. The summed E-state index contributed by atoms with van der Waals surface area (Å²) in [6, 6.07) is -0.892. The van der Waals surface area contributed by atoms with E-state index in [1.807, 2.05) is 19.9 Å². The Bertz CT molecular complexity index is 287. The molecular formula is C13H23NO4. The van der Waals surface area contributed by atoms with Crippen molar-refractivity contribution in [2.45, 2.75) is 46.1 Å². The lowest BCUT2D eigenvalue weighted by Crippen LogP contribution is -2.41. The second-order valence-electron chi connectivity index (χ2n) is 4.52. The number of hydrogen-bond acceptors (Lipinski definition) is 3. The first-order chi connectivity index (χ1) is 8.47. The van der Waals surface area contributed by atoms with E-state index in [-0.39, 0.29) is 12.5 Å². The van der Waals surface area contributed by atoms with Crippen molar-refractivity contribution in [1.29, 1.82) is 0 Å². The van der Waals surface area contributed by atoms with E-state index in [1.54, 1.807) is 6.08 Å². The third-order valence-corrected chi connectivity index (χ3v) is 2.23. The van der Waals surface area contributed by atoms with Crippen molar-refractivity contribution in [2.75, 3.05) is 6.61 Å². The van der Waals surface area contributed by atoms with Gasteiger partial charge in [-0.2, -0.15) is 0 Å². The van der Waals surface area contributed by atoms with Crippen LogP contribution in [0.1, 0.15) is 40.0 Å². The van der Waals surface area contributed by atoms with Gasteiger partial charge in [0.2, 0.25) is 0 Å². The Morgan fingerprint density at radius 1 is 1.33 bits per heavy atom. The van der Waals surface area contributed by atoms with E-state index in [0.717, 1.165) is 12.8 Å². The highest BCUT2D eigenvalue weighted by Crippen LogP contribution is 2.05. The molecule has 0 aromatic heterocycles. The molecule has 0 aromatic carbocycles. The number of hydrogen-bond donors (Lipinski definition) is 2. The topological polar surface area (TPSA) is 75.6 Å². The molecule has 0 unspecified atom stereocenters. The minimum atomic E-state index is -1.04. The number of carbonyl (C=O) groups is 2. The Hall–Kier alpha value is -1.52. The number of carbonyl (C=O) groups excluding carboxylic acids is 1. The summed E-state index contributed by atoms with van der Waals surface area (Å²) in [5.41, 5.74) is 0. The monoisotopic (exact) mass is 257 g/mol. The van der Waals surface area contributed by atoms with Gasteiger partial charge in [-0.15, -0.1) is 0 Å². The van der Waals surface area contributed by atoms with Crippen molar-refractivity contribution in [3.63, 3.8) is 0 Å². The van der Waals surface area contributed by atoms with Gasteiger partial charge < -0.3 is 15.2 Å². The average Bonchev–Trinajstić information content (AvgIpc) is 2.27. The molecule has 104 valence electrons. The molecule has 0 fully saturated rings. The molecule has 0 aliphatic carbocycles. The third-order valence-electron chi connectivity index (χ3n) is 2.23. The molecule has 2 N–H and O–H groups in total. The lowest BCUT2D eigenvalue weighted by Gasteiger charge is -2.15. The highest BCUT2D eigenvalue weighted by molar-refractivity contribution is 5.79. The first kappa shape index (κ1) is 16.5. The van der Waals surface area contributed by atoms with Crippen LogP contribution in [0.3, 0.4) is 0 Å². The molecule has 0 saturated heterocycles. The van der Waals surface area contributed by atoms with Crippen LogP contribution in [-0.2, 0) is 9.53 Å². The summed E-state index contributed by atoms with van der Waals surface area (Å²) in [5, 5.41) is 11.3. The molecule has 0 saturated carbocycles. The number of carboxylic acid groups (broad SMARTS) is 1. The second kappa shape index (κ2) is 9.50. The van der Waals surface area contributed by atoms with Crippen LogP contribution in [0.15, 0.2) is 12.2 Å². The smallest absolute Gasteiger partial charge is 0.408 e. The first-order valence-electron chi connectivity index (χ1n) is 6.28. The zero-order valence-corrected chi connectivity index (χ0v) is 11.3. The van der Waals surface area contributed by atoms with E-state index in [2.05, 4.69) is 12.2 Å². The molecule has 1 atom stereocenters. The zero-order chi connectivity index (χ0) is 14.0. The fraction of sp³-hybridized carbons (Fsp3) is 0.692. The van der Waals surface area contributed by atoms with Gasteiger partial charge in [-0.25, -0.2) is 9.59 Å². The number of unbranched alkanes of at least 4 members (excludes halogenated alkanes) is 1. The first-order valence-corrected chi connectivity index (χ1v) is 6.28. The fourth-order valence-corrected chi connectivity index (χ4v) is 1.35. The molecule has 0 bridgehead atoms. The van der Waals surface area contributed by atoms with Crippen molar-refractivity contribution in [3.05, 3.63) is 12.2 Å². The van der Waals surface area contributed by atoms with Gasteiger partial charge in [0.05, 0.1) is 0 Å². The van der Waals surface area contributed by atoms with Gasteiger partial charge in [-0.05, 0) is 18.8 Å². The number of ether oxygens (including phenoxy) is 1. The highest BCUT2D eigenvalue weighted by atomic mass is 16.5. The minimum Gasteiger partial charge on any atom is -0.480 e. The standard InChI is InChI=1S/C13H23NO4/c1-4-5-6-7-8-18-13(17)14-11(12(15)16)9-10(2)3/h6-7,10-11H,4-5,8-9H2,1-3H3,(H,14,17)(H,15,16)/b7-6+/t11-/m0/s1. The van der Waals surface area contributed by atoms with Gasteiger partial charge in [-0.3, -0.25) is 0 Å². The summed E-state index contributed by atoms with van der Waals surface area (Å²) in [5.74, 6) is -0.849. The van der Waals surface area contributed by atoms with E-state index >= 15 is 0 Å². The number of aliphatic carboxylic acids is 1. The molecule has 0 aliphatic rings. The van der Waals surface area contributed by atoms with Crippen LogP contribution in [0.5, 0.6) is 0 Å². The van der Waals surface area contributed by atoms with Crippen molar-refractivity contribution >= 4 is 12.1 Å². The number of nitrogens with one attached hydrogen (secondary N) is 1. The summed E-state index contributed by atoms with van der Waals surface area (Å²) < 4.78 is 4.85. The molecular weight excluding hydrogens is 234 g/mol. The van der Waals surface area contributed by atoms with Crippen molar-refractivity contribution in [2.24, 2.45) is 5.92 Å². The van der Waals surface area contributed by atoms with Gasteiger partial charge in [0.15, 0.2) is 0 Å². The van der Waals surface area contributed by atoms with Crippen LogP contribution in [0.2, 0.25) is 0 Å². The molecule has 0 aliphatic heterocycles. The zero-order valence-electron chi connectivity index (χ0n) is 11.3. The van der Waals surface area contributed by atoms with E-state index < -0.39 is 18.1 Å². The van der Waals surface area contributed by atoms with Gasteiger partial charge in [0.1, 0.15) is 12.6 Å². The van der Waals surface area contributed by atoms with Crippen molar-refractivity contribution in [1.82, 2.24) is 5.32 Å². The second-order valence-corrected chi connectivity index (χ2v) is 4.52. The quantitative estimate of drug-likeness (QED) is 0.655. The van der Waals surface area contributed by atoms with Gasteiger partial charge in [-0.1, -0.05) is 39.3 Å². The number of alkyl carbamates (subject to hydrolysis) is 1. The maximum absolute atomic E-state index is 11.3. The van der Waals surface area contributed by atoms with E-state index in [9.17, 15) is 9.59 Å². The number of allylic oxidation sites excluding steroid dienone is 1. The molecule has 18 heavy (non-hydrogen) atoms. The minimum absolute atomic E-state index is 0.167. The van der Waals surface area contributed by atoms with E-state index in [1.165, 1.54) is 0 Å².